The number of ether oxygens (including phenoxy) is 2. The number of aromatic nitrogens is 6. The van der Waals surface area contributed by atoms with Crippen LogP contribution in [-0.2, 0) is 20.6 Å². The number of nitrogens with zero attached hydrogens (tertiary/aromatic N) is 6. The van der Waals surface area contributed by atoms with Gasteiger partial charge < -0.3 is 9.47 Å². The fraction of sp³-hybridized carbons (Fsp3) is 0.400. The molecular weight excluding hydrogens is 449 g/mol. The molecule has 1 N–H and O–H groups in total. The maximum atomic E-state index is 15.2. The van der Waals surface area contributed by atoms with Crippen LogP contribution in [0.25, 0.3) is 34.2 Å². The zero-order valence-corrected chi connectivity index (χ0v) is 20.1. The van der Waals surface area contributed by atoms with Crippen LogP contribution < -0.4 is 9.47 Å². The second-order valence-corrected chi connectivity index (χ2v) is 9.15. The molecule has 2 aliphatic rings. The molecule has 1 saturated heterocycles. The van der Waals surface area contributed by atoms with Gasteiger partial charge in [0.2, 0.25) is 11.8 Å². The van der Waals surface area contributed by atoms with E-state index in [4.69, 9.17) is 9.47 Å². The Morgan fingerprint density at radius 3 is 2.94 bits per heavy atom. The minimum absolute atomic E-state index is 0.0297. The van der Waals surface area contributed by atoms with Gasteiger partial charge in [-0.2, -0.15) is 10.2 Å². The highest BCUT2D eigenvalue weighted by molar-refractivity contribution is 5.93. The highest BCUT2D eigenvalue weighted by atomic mass is 19.1. The first-order valence-corrected chi connectivity index (χ1v) is 12.0. The van der Waals surface area contributed by atoms with Crippen molar-refractivity contribution >= 4 is 23.1 Å². The quantitative estimate of drug-likeness (QED) is 0.473. The van der Waals surface area contributed by atoms with Crippen molar-refractivity contribution in [1.29, 1.82) is 0 Å². The molecule has 0 saturated carbocycles. The molecule has 10 heteroatoms. The predicted molar refractivity (Wildman–Crippen MR) is 130 cm³/mol. The maximum absolute atomic E-state index is 15.2. The fourth-order valence-corrected chi connectivity index (χ4v) is 5.07. The van der Waals surface area contributed by atoms with E-state index in [0.717, 1.165) is 42.6 Å². The molecule has 35 heavy (non-hydrogen) atoms. The van der Waals surface area contributed by atoms with Crippen molar-refractivity contribution in [3.05, 3.63) is 41.1 Å². The Morgan fingerprint density at radius 1 is 1.20 bits per heavy atom. The minimum Gasteiger partial charge on any atom is -0.476 e. The number of hydrogen-bond donors (Lipinski definition) is 1. The third-order valence-electron chi connectivity index (χ3n) is 6.83. The molecule has 182 valence electrons. The zero-order chi connectivity index (χ0) is 24.1. The number of hydrogen-bond acceptors (Lipinski definition) is 6. The van der Waals surface area contributed by atoms with E-state index in [2.05, 4.69) is 25.3 Å². The Morgan fingerprint density at radius 2 is 2.09 bits per heavy atom. The molecule has 0 amide bonds. The Bertz CT molecular complexity index is 1430. The first-order chi connectivity index (χ1) is 17.0. The van der Waals surface area contributed by atoms with Gasteiger partial charge in [0.15, 0.2) is 0 Å². The van der Waals surface area contributed by atoms with Gasteiger partial charge in [-0.05, 0) is 44.5 Å². The SMILES string of the molecule is CCOc1nn(C)c2c1/C=C/c1n[nH]c3cc(F)c(cc13)-c1cnn(C)c1O[C@@H]1CCCN(C2)C1. The van der Waals surface area contributed by atoms with Crippen LogP contribution in [0, 0.1) is 5.82 Å². The Balaban J connectivity index is 1.56. The summed E-state index contributed by atoms with van der Waals surface area (Å²) in [4.78, 5) is 2.38. The molecule has 3 aromatic heterocycles. The van der Waals surface area contributed by atoms with Crippen LogP contribution in [0.1, 0.15) is 36.7 Å². The number of halogens is 1. The number of rotatable bonds is 2. The lowest BCUT2D eigenvalue weighted by molar-refractivity contribution is 0.0767. The van der Waals surface area contributed by atoms with Crippen molar-refractivity contribution in [2.24, 2.45) is 14.1 Å². The van der Waals surface area contributed by atoms with Gasteiger partial charge in [-0.1, -0.05) is 0 Å². The van der Waals surface area contributed by atoms with E-state index in [1.807, 2.05) is 43.9 Å². The van der Waals surface area contributed by atoms with Gasteiger partial charge in [-0.3, -0.25) is 14.7 Å². The van der Waals surface area contributed by atoms with Gasteiger partial charge in [0, 0.05) is 44.2 Å². The average molecular weight is 478 g/mol. The summed E-state index contributed by atoms with van der Waals surface area (Å²) < 4.78 is 31.2. The summed E-state index contributed by atoms with van der Waals surface area (Å²) in [6.07, 6.45) is 7.51. The molecule has 5 heterocycles. The van der Waals surface area contributed by atoms with Crippen molar-refractivity contribution in [1.82, 2.24) is 34.7 Å². The normalized spacial score (nSPS) is 20.6. The number of benzene rings is 1. The van der Waals surface area contributed by atoms with Gasteiger partial charge in [0.25, 0.3) is 0 Å². The topological polar surface area (TPSA) is 86.0 Å². The van der Waals surface area contributed by atoms with E-state index in [0.29, 0.717) is 47.2 Å². The molecule has 2 aliphatic heterocycles. The molecule has 0 spiro atoms. The lowest BCUT2D eigenvalue weighted by atomic mass is 10.0. The van der Waals surface area contributed by atoms with Crippen LogP contribution in [0.5, 0.6) is 11.8 Å². The average Bonchev–Trinajstić information content (AvgIpc) is 3.48. The van der Waals surface area contributed by atoms with E-state index >= 15 is 4.39 Å². The number of piperidine rings is 1. The van der Waals surface area contributed by atoms with Gasteiger partial charge in [0.1, 0.15) is 11.9 Å². The summed E-state index contributed by atoms with van der Waals surface area (Å²) in [5.41, 5.74) is 4.41. The summed E-state index contributed by atoms with van der Waals surface area (Å²) >= 11 is 0. The van der Waals surface area contributed by atoms with Crippen LogP contribution in [-0.4, -0.2) is 60.5 Å². The third kappa shape index (κ3) is 3.78. The van der Waals surface area contributed by atoms with Crippen molar-refractivity contribution in [3.8, 4) is 22.9 Å². The van der Waals surface area contributed by atoms with Gasteiger partial charge in [-0.25, -0.2) is 9.07 Å². The second kappa shape index (κ2) is 8.53. The molecule has 1 unspecified atom stereocenters. The maximum Gasteiger partial charge on any atom is 0.240 e. The van der Waals surface area contributed by atoms with E-state index in [1.54, 1.807) is 10.9 Å². The molecule has 9 nitrogen and oxygen atoms in total. The van der Waals surface area contributed by atoms with Crippen LogP contribution >= 0.6 is 0 Å². The summed E-state index contributed by atoms with van der Waals surface area (Å²) in [5.74, 6) is 0.822. The molecule has 1 aromatic carbocycles. The van der Waals surface area contributed by atoms with Crippen molar-refractivity contribution < 1.29 is 13.9 Å². The van der Waals surface area contributed by atoms with Crippen LogP contribution in [0.2, 0.25) is 0 Å². The van der Waals surface area contributed by atoms with E-state index in [9.17, 15) is 0 Å². The fourth-order valence-electron chi connectivity index (χ4n) is 5.07. The van der Waals surface area contributed by atoms with Gasteiger partial charge in [0.05, 0.1) is 40.8 Å². The van der Waals surface area contributed by atoms with E-state index < -0.39 is 0 Å². The standard InChI is InChI=1S/C25H28FN7O2/c1-4-34-24-16-7-8-21-18-10-17(20(26)11-22(18)29-28-21)19-12-27-32(3)25(19)35-15-6-5-9-33(13-15)14-23(16)31(2)30-24/h7-8,10-12,15H,4-6,9,13-14H2,1-3H3,(H,28,29)/b8-7+/t15-/m1/s1. The molecule has 4 bridgehead atoms. The van der Waals surface area contributed by atoms with Gasteiger partial charge in [-0.15, -0.1) is 5.10 Å². The number of nitrogens with one attached hydrogen (secondary N) is 1. The summed E-state index contributed by atoms with van der Waals surface area (Å²) in [7, 11) is 3.77. The molecule has 0 radical (unpaired) electrons. The highest BCUT2D eigenvalue weighted by Crippen LogP contribution is 2.36. The Kier molecular flexibility index (Phi) is 5.32. The minimum atomic E-state index is -0.350. The summed E-state index contributed by atoms with van der Waals surface area (Å²) in [5, 5.41) is 17.2. The number of H-pyrrole nitrogens is 1. The Labute approximate surface area is 202 Å². The monoisotopic (exact) mass is 477 g/mol. The zero-order valence-electron chi connectivity index (χ0n) is 20.1. The molecule has 4 aromatic rings. The molecular formula is C25H28FN7O2. The molecule has 2 atom stereocenters. The predicted octanol–water partition coefficient (Wildman–Crippen LogP) is 3.76. The smallest absolute Gasteiger partial charge is 0.240 e. The lowest BCUT2D eigenvalue weighted by Crippen LogP contribution is -2.41. The third-order valence-corrected chi connectivity index (χ3v) is 6.83. The highest BCUT2D eigenvalue weighted by Gasteiger charge is 2.27. The first-order valence-electron chi connectivity index (χ1n) is 12.0. The first kappa shape index (κ1) is 21.8. The summed E-state index contributed by atoms with van der Waals surface area (Å²) in [6.45, 7) is 4.91. The van der Waals surface area contributed by atoms with E-state index in [1.165, 1.54) is 6.07 Å². The molecule has 0 aliphatic carbocycles. The van der Waals surface area contributed by atoms with Crippen LogP contribution in [0.15, 0.2) is 18.3 Å². The number of aryl methyl sites for hydroxylation is 2. The van der Waals surface area contributed by atoms with Gasteiger partial charge >= 0.3 is 0 Å². The van der Waals surface area contributed by atoms with Crippen molar-refractivity contribution in [3.63, 3.8) is 0 Å². The van der Waals surface area contributed by atoms with Crippen molar-refractivity contribution in [2.75, 3.05) is 19.7 Å². The summed E-state index contributed by atoms with van der Waals surface area (Å²) in [6, 6.07) is 3.30. The van der Waals surface area contributed by atoms with Crippen LogP contribution in [0.3, 0.4) is 0 Å². The number of aromatic amines is 1. The molecule has 6 rings (SSSR count). The lowest BCUT2D eigenvalue weighted by Gasteiger charge is -2.33. The largest absolute Gasteiger partial charge is 0.476 e. The molecule has 1 fully saturated rings. The Hall–Kier alpha value is -3.66. The second-order valence-electron chi connectivity index (χ2n) is 9.15. The van der Waals surface area contributed by atoms with E-state index in [-0.39, 0.29) is 11.9 Å². The van der Waals surface area contributed by atoms with Crippen LogP contribution in [0.4, 0.5) is 4.39 Å². The van der Waals surface area contributed by atoms with Crippen molar-refractivity contribution in [2.45, 2.75) is 32.4 Å². The number of fused-ring (bicyclic) bond motifs is 6.